The second kappa shape index (κ2) is 2.96. The first-order valence-corrected chi connectivity index (χ1v) is 4.96. The van der Waals surface area contributed by atoms with E-state index in [-0.39, 0.29) is 5.54 Å². The molecule has 0 bridgehead atoms. The highest BCUT2D eigenvalue weighted by atomic mass is 35.5. The second-order valence-corrected chi connectivity index (χ2v) is 4.09. The molecule has 0 aliphatic heterocycles. The summed E-state index contributed by atoms with van der Waals surface area (Å²) in [6, 6.07) is 3.68. The van der Waals surface area contributed by atoms with Gasteiger partial charge in [-0.1, -0.05) is 24.9 Å². The van der Waals surface area contributed by atoms with Gasteiger partial charge in [0.25, 0.3) is 0 Å². The Morgan fingerprint density at radius 2 is 2.54 bits per heavy atom. The molecule has 70 valence electrons. The van der Waals surface area contributed by atoms with Gasteiger partial charge >= 0.3 is 0 Å². The highest BCUT2D eigenvalue weighted by Gasteiger charge is 2.52. The maximum absolute atomic E-state index is 6.18. The van der Waals surface area contributed by atoms with Gasteiger partial charge in [-0.15, -0.1) is 0 Å². The molecular weight excluding hydrogens is 184 g/mol. The van der Waals surface area contributed by atoms with Crippen LogP contribution in [0.4, 0.5) is 0 Å². The van der Waals surface area contributed by atoms with Crippen LogP contribution >= 0.6 is 11.6 Å². The fraction of sp³-hybridized carbons (Fsp3) is 0.500. The molecule has 1 aromatic heterocycles. The van der Waals surface area contributed by atoms with E-state index in [1.54, 1.807) is 6.20 Å². The molecular formula is C10H13ClN2. The van der Waals surface area contributed by atoms with Crippen molar-refractivity contribution in [1.82, 2.24) is 4.98 Å². The second-order valence-electron chi connectivity index (χ2n) is 3.68. The fourth-order valence-electron chi connectivity index (χ4n) is 1.88. The Labute approximate surface area is 83.1 Å². The summed E-state index contributed by atoms with van der Waals surface area (Å²) in [5.74, 6) is 0.555. The van der Waals surface area contributed by atoms with Crippen LogP contribution in [0.5, 0.6) is 0 Å². The summed E-state index contributed by atoms with van der Waals surface area (Å²) in [6.07, 6.45) is 3.87. The van der Waals surface area contributed by atoms with Gasteiger partial charge in [0, 0.05) is 6.20 Å². The monoisotopic (exact) mass is 196 g/mol. The normalized spacial score (nSPS) is 31.8. The first-order valence-electron chi connectivity index (χ1n) is 4.58. The van der Waals surface area contributed by atoms with E-state index >= 15 is 0 Å². The number of nitrogens with two attached hydrogens (primary N) is 1. The lowest BCUT2D eigenvalue weighted by Gasteiger charge is -2.11. The molecule has 2 rings (SSSR count). The summed E-state index contributed by atoms with van der Waals surface area (Å²) >= 11 is 6.03. The van der Waals surface area contributed by atoms with Gasteiger partial charge in [-0.2, -0.15) is 0 Å². The fourth-order valence-corrected chi connectivity index (χ4v) is 2.17. The van der Waals surface area contributed by atoms with Gasteiger partial charge in [0.05, 0.1) is 16.3 Å². The number of nitrogens with zero attached hydrogens (tertiary/aromatic N) is 1. The third-order valence-electron chi connectivity index (χ3n) is 2.84. The Morgan fingerprint density at radius 3 is 3.08 bits per heavy atom. The molecule has 0 spiro atoms. The Morgan fingerprint density at radius 1 is 1.77 bits per heavy atom. The highest BCUT2D eigenvalue weighted by Crippen LogP contribution is 2.52. The molecule has 2 N–H and O–H groups in total. The molecule has 0 amide bonds. The van der Waals surface area contributed by atoms with Crippen molar-refractivity contribution in [3.63, 3.8) is 0 Å². The van der Waals surface area contributed by atoms with Crippen molar-refractivity contribution >= 4 is 11.6 Å². The molecule has 0 radical (unpaired) electrons. The van der Waals surface area contributed by atoms with Gasteiger partial charge in [-0.25, -0.2) is 0 Å². The number of aromatic nitrogens is 1. The Balaban J connectivity index is 2.32. The lowest BCUT2D eigenvalue weighted by molar-refractivity contribution is 0.598. The van der Waals surface area contributed by atoms with E-state index in [0.717, 1.165) is 18.5 Å². The van der Waals surface area contributed by atoms with E-state index < -0.39 is 0 Å². The van der Waals surface area contributed by atoms with E-state index in [4.69, 9.17) is 17.3 Å². The van der Waals surface area contributed by atoms with Crippen LogP contribution in [0.1, 0.15) is 25.5 Å². The molecule has 1 heterocycles. The van der Waals surface area contributed by atoms with E-state index in [1.807, 2.05) is 12.1 Å². The molecule has 13 heavy (non-hydrogen) atoms. The third-order valence-corrected chi connectivity index (χ3v) is 3.15. The number of rotatable bonds is 2. The van der Waals surface area contributed by atoms with Crippen molar-refractivity contribution in [3.8, 4) is 0 Å². The zero-order valence-electron chi connectivity index (χ0n) is 7.63. The minimum absolute atomic E-state index is 0.243. The van der Waals surface area contributed by atoms with Gasteiger partial charge in [0.1, 0.15) is 0 Å². The number of pyridine rings is 1. The molecule has 2 nitrogen and oxygen atoms in total. The van der Waals surface area contributed by atoms with Crippen LogP contribution in [-0.2, 0) is 5.54 Å². The minimum atomic E-state index is -0.243. The Hall–Kier alpha value is -0.600. The average Bonchev–Trinajstić information content (AvgIpc) is 2.79. The summed E-state index contributed by atoms with van der Waals surface area (Å²) in [6.45, 7) is 2.15. The summed E-state index contributed by atoms with van der Waals surface area (Å²) in [5, 5.41) is 0.695. The predicted octanol–water partition coefficient (Wildman–Crippen LogP) is 2.32. The lowest BCUT2D eigenvalue weighted by Crippen LogP contribution is -2.23. The zero-order chi connectivity index (χ0) is 9.47. The SMILES string of the molecule is CCC1CC1(N)c1ncccc1Cl. The third kappa shape index (κ3) is 1.34. The minimum Gasteiger partial charge on any atom is -0.320 e. The topological polar surface area (TPSA) is 38.9 Å². The summed E-state index contributed by atoms with van der Waals surface area (Å²) in [7, 11) is 0. The molecule has 2 atom stereocenters. The average molecular weight is 197 g/mol. The van der Waals surface area contributed by atoms with E-state index in [1.165, 1.54) is 0 Å². The van der Waals surface area contributed by atoms with Crippen molar-refractivity contribution in [2.24, 2.45) is 11.7 Å². The van der Waals surface area contributed by atoms with Crippen molar-refractivity contribution in [1.29, 1.82) is 0 Å². The van der Waals surface area contributed by atoms with Crippen LogP contribution in [0.2, 0.25) is 5.02 Å². The summed E-state index contributed by atoms with van der Waals surface area (Å²) in [4.78, 5) is 4.25. The molecule has 0 saturated heterocycles. The maximum Gasteiger partial charge on any atom is 0.0791 e. The Bertz CT molecular complexity index is 326. The zero-order valence-corrected chi connectivity index (χ0v) is 8.38. The predicted molar refractivity (Wildman–Crippen MR) is 53.5 cm³/mol. The van der Waals surface area contributed by atoms with Gasteiger partial charge in [-0.05, 0) is 24.5 Å². The van der Waals surface area contributed by atoms with E-state index in [0.29, 0.717) is 10.9 Å². The molecule has 1 saturated carbocycles. The Kier molecular flexibility index (Phi) is 2.05. The van der Waals surface area contributed by atoms with Crippen molar-refractivity contribution in [2.75, 3.05) is 0 Å². The van der Waals surface area contributed by atoms with Crippen LogP contribution in [-0.4, -0.2) is 4.98 Å². The standard InChI is InChI=1S/C10H13ClN2/c1-2-7-6-10(7,12)9-8(11)4-3-5-13-9/h3-5,7H,2,6,12H2,1H3. The van der Waals surface area contributed by atoms with Crippen LogP contribution in [0.3, 0.4) is 0 Å². The molecule has 1 aromatic rings. The molecule has 2 unspecified atom stereocenters. The largest absolute Gasteiger partial charge is 0.320 e. The number of hydrogen-bond donors (Lipinski definition) is 1. The number of hydrogen-bond acceptors (Lipinski definition) is 2. The maximum atomic E-state index is 6.18. The smallest absolute Gasteiger partial charge is 0.0791 e. The van der Waals surface area contributed by atoms with E-state index in [9.17, 15) is 0 Å². The molecule has 3 heteroatoms. The van der Waals surface area contributed by atoms with Gasteiger partial charge < -0.3 is 5.73 Å². The van der Waals surface area contributed by atoms with Crippen LogP contribution in [0.15, 0.2) is 18.3 Å². The van der Waals surface area contributed by atoms with Gasteiger partial charge in [-0.3, -0.25) is 4.98 Å². The quantitative estimate of drug-likeness (QED) is 0.789. The molecule has 0 aromatic carbocycles. The summed E-state index contributed by atoms with van der Waals surface area (Å²) < 4.78 is 0. The van der Waals surface area contributed by atoms with Crippen molar-refractivity contribution in [3.05, 3.63) is 29.0 Å². The van der Waals surface area contributed by atoms with Crippen LogP contribution < -0.4 is 5.73 Å². The molecule has 1 aliphatic carbocycles. The first-order chi connectivity index (χ1) is 6.18. The van der Waals surface area contributed by atoms with Crippen LogP contribution in [0, 0.1) is 5.92 Å². The van der Waals surface area contributed by atoms with Gasteiger partial charge in [0.2, 0.25) is 0 Å². The van der Waals surface area contributed by atoms with Gasteiger partial charge in [0.15, 0.2) is 0 Å². The number of halogens is 1. The van der Waals surface area contributed by atoms with Crippen LogP contribution in [0.25, 0.3) is 0 Å². The summed E-state index contributed by atoms with van der Waals surface area (Å²) in [5.41, 5.74) is 6.80. The first kappa shape index (κ1) is 8.97. The van der Waals surface area contributed by atoms with E-state index in [2.05, 4.69) is 11.9 Å². The van der Waals surface area contributed by atoms with Crippen molar-refractivity contribution < 1.29 is 0 Å². The molecule has 1 fully saturated rings. The molecule has 1 aliphatic rings. The lowest BCUT2D eigenvalue weighted by atomic mass is 10.1. The highest BCUT2D eigenvalue weighted by molar-refractivity contribution is 6.31. The van der Waals surface area contributed by atoms with Crippen molar-refractivity contribution in [2.45, 2.75) is 25.3 Å².